The maximum absolute atomic E-state index is 5.74. The van der Waals surface area contributed by atoms with Gasteiger partial charge in [0.25, 0.3) is 0 Å². The maximum Gasteiger partial charge on any atom is 0.122 e. The lowest BCUT2D eigenvalue weighted by atomic mass is 10.2. The Balaban J connectivity index is 2.66. The Labute approximate surface area is 97.8 Å². The molecule has 0 atom stereocenters. The number of para-hydroxylation sites is 1. The van der Waals surface area contributed by atoms with Gasteiger partial charge in [-0.3, -0.25) is 0 Å². The molecule has 0 aliphatic heterocycles. The van der Waals surface area contributed by atoms with E-state index in [1.807, 2.05) is 56.3 Å². The summed E-state index contributed by atoms with van der Waals surface area (Å²) < 4.78 is 5.74. The predicted molar refractivity (Wildman–Crippen MR) is 69.8 cm³/mol. The van der Waals surface area contributed by atoms with Crippen molar-refractivity contribution in [1.82, 2.24) is 0 Å². The van der Waals surface area contributed by atoms with Gasteiger partial charge in [0.1, 0.15) is 12.4 Å². The molecule has 1 heteroatoms. The van der Waals surface area contributed by atoms with E-state index < -0.39 is 0 Å². The molecule has 0 unspecified atom stereocenters. The van der Waals surface area contributed by atoms with Gasteiger partial charge in [0.15, 0.2) is 0 Å². The zero-order chi connectivity index (χ0) is 11.8. The fourth-order valence-electron chi connectivity index (χ4n) is 1.40. The highest BCUT2D eigenvalue weighted by Crippen LogP contribution is 2.17. The van der Waals surface area contributed by atoms with Crippen molar-refractivity contribution in [2.24, 2.45) is 0 Å². The molecule has 0 aromatic heterocycles. The highest BCUT2D eigenvalue weighted by atomic mass is 16.5. The van der Waals surface area contributed by atoms with Crippen LogP contribution in [0.1, 0.15) is 12.5 Å². The Morgan fingerprint density at radius 2 is 2.12 bits per heavy atom. The standard InChI is InChI=1S/C15H18O/c1-4-8-14(9-5-2)12-16-15-11-7-6-10-13(15)3/h4-11H,1,12H2,2-3H3/b9-5-,14-8+. The van der Waals surface area contributed by atoms with E-state index in [1.54, 1.807) is 6.08 Å². The van der Waals surface area contributed by atoms with Crippen molar-refractivity contribution in [3.05, 3.63) is 66.3 Å². The highest BCUT2D eigenvalue weighted by Gasteiger charge is 1.98. The molecule has 0 saturated heterocycles. The number of hydrogen-bond donors (Lipinski definition) is 0. The van der Waals surface area contributed by atoms with Crippen LogP contribution in [-0.4, -0.2) is 6.61 Å². The maximum atomic E-state index is 5.74. The van der Waals surface area contributed by atoms with Crippen molar-refractivity contribution < 1.29 is 4.74 Å². The van der Waals surface area contributed by atoms with Gasteiger partial charge >= 0.3 is 0 Å². The van der Waals surface area contributed by atoms with E-state index in [4.69, 9.17) is 4.74 Å². The summed E-state index contributed by atoms with van der Waals surface area (Å²) in [5, 5.41) is 0. The van der Waals surface area contributed by atoms with Crippen LogP contribution < -0.4 is 4.74 Å². The summed E-state index contributed by atoms with van der Waals surface area (Å²) in [4.78, 5) is 0. The van der Waals surface area contributed by atoms with Crippen LogP contribution in [0.4, 0.5) is 0 Å². The Morgan fingerprint density at radius 1 is 1.38 bits per heavy atom. The minimum absolute atomic E-state index is 0.571. The fraction of sp³-hybridized carbons (Fsp3) is 0.200. The summed E-state index contributed by atoms with van der Waals surface area (Å²) in [5.74, 6) is 0.932. The number of hydrogen-bond acceptors (Lipinski definition) is 1. The number of aryl methyl sites for hydroxylation is 1. The van der Waals surface area contributed by atoms with Crippen LogP contribution in [-0.2, 0) is 0 Å². The van der Waals surface area contributed by atoms with Crippen LogP contribution in [0.5, 0.6) is 5.75 Å². The zero-order valence-electron chi connectivity index (χ0n) is 9.94. The summed E-state index contributed by atoms with van der Waals surface area (Å²) >= 11 is 0. The molecular weight excluding hydrogens is 196 g/mol. The van der Waals surface area contributed by atoms with Crippen LogP contribution in [0.25, 0.3) is 0 Å². The highest BCUT2D eigenvalue weighted by molar-refractivity contribution is 5.33. The molecule has 0 bridgehead atoms. The van der Waals surface area contributed by atoms with Crippen molar-refractivity contribution in [2.45, 2.75) is 13.8 Å². The quantitative estimate of drug-likeness (QED) is 0.671. The second-order valence-corrected chi connectivity index (χ2v) is 3.53. The molecule has 84 valence electrons. The molecule has 0 aliphatic carbocycles. The first-order valence-corrected chi connectivity index (χ1v) is 5.40. The molecule has 16 heavy (non-hydrogen) atoms. The fourth-order valence-corrected chi connectivity index (χ4v) is 1.40. The van der Waals surface area contributed by atoms with Gasteiger partial charge in [0, 0.05) is 0 Å². The molecule has 0 N–H and O–H groups in total. The van der Waals surface area contributed by atoms with E-state index in [1.165, 1.54) is 0 Å². The van der Waals surface area contributed by atoms with Gasteiger partial charge in [-0.05, 0) is 31.1 Å². The van der Waals surface area contributed by atoms with Gasteiger partial charge in [0.05, 0.1) is 0 Å². The van der Waals surface area contributed by atoms with Crippen LogP contribution in [0.2, 0.25) is 0 Å². The van der Waals surface area contributed by atoms with Crippen molar-refractivity contribution >= 4 is 0 Å². The molecule has 0 heterocycles. The number of rotatable bonds is 5. The van der Waals surface area contributed by atoms with E-state index in [-0.39, 0.29) is 0 Å². The van der Waals surface area contributed by atoms with Crippen molar-refractivity contribution in [2.75, 3.05) is 6.61 Å². The van der Waals surface area contributed by atoms with Gasteiger partial charge in [0.2, 0.25) is 0 Å². The average molecular weight is 214 g/mol. The first-order chi connectivity index (χ1) is 7.77. The minimum atomic E-state index is 0.571. The number of allylic oxidation sites excluding steroid dienone is 3. The van der Waals surface area contributed by atoms with Gasteiger partial charge in [-0.25, -0.2) is 0 Å². The molecule has 0 fully saturated rings. The van der Waals surface area contributed by atoms with E-state index in [9.17, 15) is 0 Å². The molecule has 0 saturated carbocycles. The molecule has 0 aliphatic rings. The van der Waals surface area contributed by atoms with E-state index in [0.717, 1.165) is 16.9 Å². The molecule has 0 radical (unpaired) electrons. The monoisotopic (exact) mass is 214 g/mol. The lowest BCUT2D eigenvalue weighted by Crippen LogP contribution is -2.00. The third kappa shape index (κ3) is 3.77. The van der Waals surface area contributed by atoms with E-state index in [2.05, 4.69) is 6.58 Å². The molecule has 0 spiro atoms. The third-order valence-electron chi connectivity index (χ3n) is 2.20. The lowest BCUT2D eigenvalue weighted by Gasteiger charge is -2.09. The predicted octanol–water partition coefficient (Wildman–Crippen LogP) is 4.06. The van der Waals surface area contributed by atoms with Crippen LogP contribution >= 0.6 is 0 Å². The third-order valence-corrected chi connectivity index (χ3v) is 2.20. The molecule has 1 rings (SSSR count). The minimum Gasteiger partial charge on any atom is -0.489 e. The Morgan fingerprint density at radius 3 is 2.75 bits per heavy atom. The van der Waals surface area contributed by atoms with Crippen LogP contribution in [0, 0.1) is 6.92 Å². The van der Waals surface area contributed by atoms with Gasteiger partial charge in [-0.2, -0.15) is 0 Å². The number of ether oxygens (including phenoxy) is 1. The Hall–Kier alpha value is -1.76. The van der Waals surface area contributed by atoms with E-state index in [0.29, 0.717) is 6.61 Å². The summed E-state index contributed by atoms with van der Waals surface area (Å²) in [5.41, 5.74) is 2.27. The molecular formula is C15H18O. The molecule has 1 aromatic carbocycles. The smallest absolute Gasteiger partial charge is 0.122 e. The van der Waals surface area contributed by atoms with Crippen LogP contribution in [0.15, 0.2) is 60.7 Å². The summed E-state index contributed by atoms with van der Waals surface area (Å²) in [6.45, 7) is 8.29. The zero-order valence-corrected chi connectivity index (χ0v) is 9.94. The summed E-state index contributed by atoms with van der Waals surface area (Å²) in [6.07, 6.45) is 7.76. The van der Waals surface area contributed by atoms with Gasteiger partial charge in [-0.15, -0.1) is 0 Å². The van der Waals surface area contributed by atoms with E-state index >= 15 is 0 Å². The first-order valence-electron chi connectivity index (χ1n) is 5.40. The van der Waals surface area contributed by atoms with Crippen molar-refractivity contribution in [3.63, 3.8) is 0 Å². The molecule has 0 amide bonds. The summed E-state index contributed by atoms with van der Waals surface area (Å²) in [7, 11) is 0. The van der Waals surface area contributed by atoms with Crippen LogP contribution in [0.3, 0.4) is 0 Å². The average Bonchev–Trinajstić information content (AvgIpc) is 2.28. The topological polar surface area (TPSA) is 9.23 Å². The Bertz CT molecular complexity index is 400. The molecule has 1 aromatic rings. The van der Waals surface area contributed by atoms with Crippen molar-refractivity contribution in [3.8, 4) is 5.75 Å². The van der Waals surface area contributed by atoms with Gasteiger partial charge in [-0.1, -0.05) is 49.1 Å². The second kappa shape index (κ2) is 6.67. The first kappa shape index (κ1) is 12.3. The normalized spacial score (nSPS) is 11.8. The Kier molecular flexibility index (Phi) is 5.13. The molecule has 1 nitrogen and oxygen atoms in total. The largest absolute Gasteiger partial charge is 0.489 e. The lowest BCUT2D eigenvalue weighted by molar-refractivity contribution is 0.353. The van der Waals surface area contributed by atoms with Crippen molar-refractivity contribution in [1.29, 1.82) is 0 Å². The SMILES string of the molecule is C=C/C=C(\C=C/C)COc1ccccc1C. The second-order valence-electron chi connectivity index (χ2n) is 3.53. The number of benzene rings is 1. The van der Waals surface area contributed by atoms with Gasteiger partial charge < -0.3 is 4.74 Å². The summed E-state index contributed by atoms with van der Waals surface area (Å²) in [6, 6.07) is 8.02.